The summed E-state index contributed by atoms with van der Waals surface area (Å²) in [4.78, 5) is -0.0666. The maximum Gasteiger partial charge on any atom is 0.294 e. The molecular formula is C19H28N2O4S. The minimum Gasteiger partial charge on any atom is -0.399 e. The van der Waals surface area contributed by atoms with Gasteiger partial charge in [0.05, 0.1) is 4.90 Å². The topological polar surface area (TPSA) is 102 Å². The van der Waals surface area contributed by atoms with Crippen LogP contribution in [-0.4, -0.2) is 32.7 Å². The molecule has 0 aliphatic rings. The summed E-state index contributed by atoms with van der Waals surface area (Å²) in [5.41, 5.74) is 9.77. The number of hydrogen-bond donors (Lipinski definition) is 3. The molecule has 2 aromatic carbocycles. The largest absolute Gasteiger partial charge is 0.399 e. The summed E-state index contributed by atoms with van der Waals surface area (Å²) in [7, 11) is -2.30. The van der Waals surface area contributed by atoms with Crippen LogP contribution in [0.2, 0.25) is 0 Å². The first kappa shape index (κ1) is 22.0. The Bertz CT molecular complexity index is 790. The van der Waals surface area contributed by atoms with Gasteiger partial charge in [-0.2, -0.15) is 8.42 Å². The molecule has 0 bridgehead atoms. The maximum absolute atomic E-state index is 10.5. The van der Waals surface area contributed by atoms with E-state index in [1.807, 2.05) is 26.0 Å². The lowest BCUT2D eigenvalue weighted by atomic mass is 10.1. The molecule has 0 amide bonds. The molecule has 1 unspecified atom stereocenters. The van der Waals surface area contributed by atoms with E-state index in [0.29, 0.717) is 6.04 Å². The first-order valence-corrected chi connectivity index (χ1v) is 9.73. The number of aryl methyl sites for hydroxylation is 2. The average Bonchev–Trinajstić information content (AvgIpc) is 2.56. The van der Waals surface area contributed by atoms with Crippen LogP contribution < -0.4 is 11.1 Å². The van der Waals surface area contributed by atoms with E-state index in [2.05, 4.69) is 18.3 Å². The number of benzene rings is 2. The molecule has 6 nitrogen and oxygen atoms in total. The van der Waals surface area contributed by atoms with Crippen molar-refractivity contribution in [3.05, 3.63) is 53.6 Å². The Balaban J connectivity index is 0.000000273. The van der Waals surface area contributed by atoms with E-state index in [-0.39, 0.29) is 4.90 Å². The van der Waals surface area contributed by atoms with Crippen LogP contribution in [0.1, 0.15) is 24.5 Å². The van der Waals surface area contributed by atoms with E-state index in [1.54, 1.807) is 19.2 Å². The molecule has 4 N–H and O–H groups in total. The molecule has 0 saturated heterocycles. The van der Waals surface area contributed by atoms with Crippen molar-refractivity contribution in [3.63, 3.8) is 0 Å². The molecule has 26 heavy (non-hydrogen) atoms. The monoisotopic (exact) mass is 380 g/mol. The zero-order valence-electron chi connectivity index (χ0n) is 15.7. The van der Waals surface area contributed by atoms with Gasteiger partial charge in [-0.25, -0.2) is 0 Å². The fraction of sp³-hybridized carbons (Fsp3) is 0.368. The van der Waals surface area contributed by atoms with Gasteiger partial charge in [-0.3, -0.25) is 4.55 Å². The van der Waals surface area contributed by atoms with E-state index in [0.717, 1.165) is 35.5 Å². The molecule has 0 radical (unpaired) electrons. The Morgan fingerprint density at radius 2 is 1.77 bits per heavy atom. The third kappa shape index (κ3) is 7.86. The van der Waals surface area contributed by atoms with Gasteiger partial charge in [0.15, 0.2) is 0 Å². The Hall–Kier alpha value is -2.09. The molecule has 7 heteroatoms. The van der Waals surface area contributed by atoms with Crippen LogP contribution in [0.15, 0.2) is 47.4 Å². The highest BCUT2D eigenvalue weighted by Crippen LogP contribution is 2.17. The maximum atomic E-state index is 10.5. The lowest BCUT2D eigenvalue weighted by Gasteiger charge is -2.15. The number of methoxy groups -OCH3 is 1. The van der Waals surface area contributed by atoms with Gasteiger partial charge >= 0.3 is 0 Å². The Morgan fingerprint density at radius 3 is 2.27 bits per heavy atom. The van der Waals surface area contributed by atoms with Crippen LogP contribution in [0.5, 0.6) is 0 Å². The summed E-state index contributed by atoms with van der Waals surface area (Å²) in [6.07, 6.45) is 1.000. The quantitative estimate of drug-likeness (QED) is 0.522. The van der Waals surface area contributed by atoms with E-state index in [1.165, 1.54) is 12.1 Å². The minimum atomic E-state index is -4.02. The second-order valence-corrected chi connectivity index (χ2v) is 7.61. The van der Waals surface area contributed by atoms with Gasteiger partial charge in [-0.05, 0) is 63.1 Å². The van der Waals surface area contributed by atoms with Crippen molar-refractivity contribution in [2.45, 2.75) is 38.1 Å². The van der Waals surface area contributed by atoms with E-state index in [4.69, 9.17) is 15.0 Å². The fourth-order valence-electron chi connectivity index (χ4n) is 2.13. The highest BCUT2D eigenvalue weighted by molar-refractivity contribution is 7.85. The molecule has 0 aromatic heterocycles. The van der Waals surface area contributed by atoms with Crippen LogP contribution in [0.4, 0.5) is 11.4 Å². The molecule has 1 atom stereocenters. The van der Waals surface area contributed by atoms with Crippen LogP contribution in [0, 0.1) is 13.8 Å². The minimum absolute atomic E-state index is 0.0666. The van der Waals surface area contributed by atoms with E-state index < -0.39 is 10.1 Å². The third-order valence-corrected chi connectivity index (χ3v) is 4.62. The third-order valence-electron chi connectivity index (χ3n) is 3.76. The Labute approximate surface area is 156 Å². The van der Waals surface area contributed by atoms with Gasteiger partial charge in [0, 0.05) is 31.1 Å². The second kappa shape index (κ2) is 10.2. The smallest absolute Gasteiger partial charge is 0.294 e. The summed E-state index contributed by atoms with van der Waals surface area (Å²) in [6, 6.07) is 12.4. The van der Waals surface area contributed by atoms with Gasteiger partial charge in [0.2, 0.25) is 0 Å². The van der Waals surface area contributed by atoms with Crippen LogP contribution in [0.25, 0.3) is 0 Å². The molecule has 0 heterocycles. The lowest BCUT2D eigenvalue weighted by Crippen LogP contribution is -2.17. The first-order chi connectivity index (χ1) is 12.1. The van der Waals surface area contributed by atoms with E-state index in [9.17, 15) is 8.42 Å². The molecule has 0 aliphatic heterocycles. The number of rotatable bonds is 6. The first-order valence-electron chi connectivity index (χ1n) is 8.29. The number of nitrogens with one attached hydrogen (secondary N) is 1. The Kier molecular flexibility index (Phi) is 8.57. The van der Waals surface area contributed by atoms with Crippen molar-refractivity contribution in [1.29, 1.82) is 0 Å². The average molecular weight is 381 g/mol. The zero-order valence-corrected chi connectivity index (χ0v) is 16.5. The summed E-state index contributed by atoms with van der Waals surface area (Å²) in [5, 5.41) is 3.41. The zero-order chi connectivity index (χ0) is 19.7. The number of ether oxygens (including phenoxy) is 1. The van der Waals surface area contributed by atoms with E-state index >= 15 is 0 Å². The van der Waals surface area contributed by atoms with Crippen LogP contribution >= 0.6 is 0 Å². The van der Waals surface area contributed by atoms with Crippen LogP contribution in [0.3, 0.4) is 0 Å². The summed E-state index contributed by atoms with van der Waals surface area (Å²) in [5.74, 6) is 0. The van der Waals surface area contributed by atoms with Gasteiger partial charge in [-0.1, -0.05) is 17.7 Å². The van der Waals surface area contributed by atoms with Gasteiger partial charge in [-0.15, -0.1) is 0 Å². The highest BCUT2D eigenvalue weighted by Gasteiger charge is 2.06. The van der Waals surface area contributed by atoms with Crippen molar-refractivity contribution in [3.8, 4) is 0 Å². The Morgan fingerprint density at radius 1 is 1.15 bits per heavy atom. The SMILES string of the molecule is COCCC(C)Nc1ccc(N)c(C)c1.Cc1ccc(S(=O)(=O)O)cc1. The molecule has 2 rings (SSSR count). The predicted molar refractivity (Wildman–Crippen MR) is 106 cm³/mol. The van der Waals surface area contributed by atoms with Crippen LogP contribution in [-0.2, 0) is 14.9 Å². The number of anilines is 2. The molecule has 0 aliphatic carbocycles. The summed E-state index contributed by atoms with van der Waals surface area (Å²) < 4.78 is 34.6. The fourth-order valence-corrected chi connectivity index (χ4v) is 2.61. The molecule has 144 valence electrons. The van der Waals surface area contributed by atoms with Gasteiger partial charge in [0.1, 0.15) is 0 Å². The number of nitrogen functional groups attached to an aromatic ring is 1. The molecule has 2 aromatic rings. The van der Waals surface area contributed by atoms with Crippen molar-refractivity contribution in [1.82, 2.24) is 0 Å². The number of nitrogens with two attached hydrogens (primary N) is 1. The van der Waals surface area contributed by atoms with Gasteiger partial charge < -0.3 is 15.8 Å². The lowest BCUT2D eigenvalue weighted by molar-refractivity contribution is 0.191. The van der Waals surface area contributed by atoms with Crippen molar-refractivity contribution in [2.24, 2.45) is 0 Å². The highest BCUT2D eigenvalue weighted by atomic mass is 32.2. The normalized spacial score (nSPS) is 12.0. The molecule has 0 saturated carbocycles. The van der Waals surface area contributed by atoms with Crippen molar-refractivity contribution < 1.29 is 17.7 Å². The summed E-state index contributed by atoms with van der Waals surface area (Å²) in [6.45, 7) is 6.78. The summed E-state index contributed by atoms with van der Waals surface area (Å²) >= 11 is 0. The molecule has 0 spiro atoms. The van der Waals surface area contributed by atoms with Crippen molar-refractivity contribution in [2.75, 3.05) is 24.8 Å². The van der Waals surface area contributed by atoms with Gasteiger partial charge in [0.25, 0.3) is 10.1 Å². The molecule has 0 fully saturated rings. The molecular weight excluding hydrogens is 352 g/mol. The van der Waals surface area contributed by atoms with Crippen molar-refractivity contribution >= 4 is 21.5 Å². The standard InChI is InChI=1S/C12H20N2O.C7H8O3S/c1-9-8-11(4-5-12(9)13)14-10(2)6-7-15-3;1-6-2-4-7(5-3-6)11(8,9)10/h4-5,8,10,14H,6-7,13H2,1-3H3;2-5H,1H3,(H,8,9,10). The second-order valence-electron chi connectivity index (χ2n) is 6.19. The number of hydrogen-bond acceptors (Lipinski definition) is 5. The predicted octanol–water partition coefficient (Wildman–Crippen LogP) is 3.66.